The number of nitrogens with one attached hydrogen (secondary N) is 1. The van der Waals surface area contributed by atoms with E-state index in [0.29, 0.717) is 18.7 Å². The van der Waals surface area contributed by atoms with Crippen molar-refractivity contribution < 1.29 is 4.79 Å². The second-order valence-corrected chi connectivity index (χ2v) is 5.02. The van der Waals surface area contributed by atoms with E-state index in [1.807, 2.05) is 18.2 Å². The Morgan fingerprint density at radius 1 is 1.15 bits per heavy atom. The molecule has 0 aliphatic carbocycles. The Morgan fingerprint density at radius 2 is 1.95 bits per heavy atom. The van der Waals surface area contributed by atoms with Crippen LogP contribution >= 0.6 is 0 Å². The van der Waals surface area contributed by atoms with Crippen LogP contribution in [0.3, 0.4) is 0 Å². The van der Waals surface area contributed by atoms with Crippen LogP contribution in [0.15, 0.2) is 42.5 Å². The Bertz CT molecular complexity index is 620. The van der Waals surface area contributed by atoms with Crippen molar-refractivity contribution in [3.8, 4) is 0 Å². The molecule has 0 bridgehead atoms. The number of amides is 1. The summed E-state index contributed by atoms with van der Waals surface area (Å²) in [6, 6.07) is 13.6. The van der Waals surface area contributed by atoms with Crippen LogP contribution < -0.4 is 11.1 Å². The van der Waals surface area contributed by atoms with Gasteiger partial charge in [0.25, 0.3) is 5.91 Å². The van der Waals surface area contributed by atoms with E-state index in [9.17, 15) is 4.79 Å². The van der Waals surface area contributed by atoms with Gasteiger partial charge in [-0.05, 0) is 42.7 Å². The number of aryl methyl sites for hydroxylation is 2. The lowest BCUT2D eigenvalue weighted by Crippen LogP contribution is -2.23. The largest absolute Gasteiger partial charge is 0.348 e. The van der Waals surface area contributed by atoms with Crippen molar-refractivity contribution in [3.05, 3.63) is 70.3 Å². The zero-order valence-corrected chi connectivity index (χ0v) is 11.9. The number of carbonyl (C=O) groups excluding carboxylic acids is 1. The minimum absolute atomic E-state index is 0.0692. The lowest BCUT2D eigenvalue weighted by atomic mass is 10.1. The molecule has 3 heteroatoms. The average molecular weight is 268 g/mol. The minimum atomic E-state index is -0.0692. The van der Waals surface area contributed by atoms with E-state index < -0.39 is 0 Å². The Hall–Kier alpha value is -2.13. The quantitative estimate of drug-likeness (QED) is 0.895. The zero-order chi connectivity index (χ0) is 14.5. The molecule has 1 amide bonds. The standard InChI is InChI=1S/C17H20N2O/c1-12-6-7-16(13(2)8-12)11-19-17(20)15-5-3-4-14(9-15)10-18/h3-9H,10-11,18H2,1-2H3,(H,19,20). The van der Waals surface area contributed by atoms with Crippen molar-refractivity contribution >= 4 is 5.91 Å². The maximum atomic E-state index is 12.1. The summed E-state index contributed by atoms with van der Waals surface area (Å²) in [5.41, 5.74) is 10.8. The van der Waals surface area contributed by atoms with E-state index in [0.717, 1.165) is 11.1 Å². The van der Waals surface area contributed by atoms with E-state index >= 15 is 0 Å². The van der Waals surface area contributed by atoms with Gasteiger partial charge in [0.05, 0.1) is 0 Å². The summed E-state index contributed by atoms with van der Waals surface area (Å²) >= 11 is 0. The lowest BCUT2D eigenvalue weighted by molar-refractivity contribution is 0.0951. The lowest BCUT2D eigenvalue weighted by Gasteiger charge is -2.09. The minimum Gasteiger partial charge on any atom is -0.348 e. The summed E-state index contributed by atoms with van der Waals surface area (Å²) in [7, 11) is 0. The fourth-order valence-corrected chi connectivity index (χ4v) is 2.16. The van der Waals surface area contributed by atoms with E-state index in [-0.39, 0.29) is 5.91 Å². The molecule has 3 nitrogen and oxygen atoms in total. The molecule has 0 spiro atoms. The smallest absolute Gasteiger partial charge is 0.251 e. The fourth-order valence-electron chi connectivity index (χ4n) is 2.16. The van der Waals surface area contributed by atoms with Crippen LogP contribution in [0, 0.1) is 13.8 Å². The highest BCUT2D eigenvalue weighted by Gasteiger charge is 2.06. The Labute approximate surface area is 119 Å². The van der Waals surface area contributed by atoms with Gasteiger partial charge in [-0.1, -0.05) is 35.9 Å². The summed E-state index contributed by atoms with van der Waals surface area (Å²) in [4.78, 5) is 12.1. The van der Waals surface area contributed by atoms with E-state index in [1.54, 1.807) is 6.07 Å². The first-order valence-corrected chi connectivity index (χ1v) is 6.73. The second-order valence-electron chi connectivity index (χ2n) is 5.02. The molecule has 104 valence electrons. The van der Waals surface area contributed by atoms with Crippen LogP contribution in [-0.2, 0) is 13.1 Å². The average Bonchev–Trinajstić information content (AvgIpc) is 2.46. The first-order valence-electron chi connectivity index (χ1n) is 6.73. The molecule has 3 N–H and O–H groups in total. The van der Waals surface area contributed by atoms with Gasteiger partial charge in [-0.2, -0.15) is 0 Å². The monoisotopic (exact) mass is 268 g/mol. The van der Waals surface area contributed by atoms with Crippen molar-refractivity contribution in [2.24, 2.45) is 5.73 Å². The van der Waals surface area contributed by atoms with Gasteiger partial charge in [0.1, 0.15) is 0 Å². The molecule has 2 aromatic carbocycles. The van der Waals surface area contributed by atoms with Gasteiger partial charge in [-0.15, -0.1) is 0 Å². The first-order chi connectivity index (χ1) is 9.60. The van der Waals surface area contributed by atoms with Crippen molar-refractivity contribution in [1.82, 2.24) is 5.32 Å². The maximum absolute atomic E-state index is 12.1. The van der Waals surface area contributed by atoms with E-state index in [1.165, 1.54) is 11.1 Å². The van der Waals surface area contributed by atoms with Gasteiger partial charge in [0.2, 0.25) is 0 Å². The predicted molar refractivity (Wildman–Crippen MR) is 81.4 cm³/mol. The third-order valence-corrected chi connectivity index (χ3v) is 3.36. The number of nitrogens with two attached hydrogens (primary N) is 1. The normalized spacial score (nSPS) is 10.3. The van der Waals surface area contributed by atoms with Crippen LogP contribution in [0.1, 0.15) is 32.6 Å². The third-order valence-electron chi connectivity index (χ3n) is 3.36. The highest BCUT2D eigenvalue weighted by atomic mass is 16.1. The summed E-state index contributed by atoms with van der Waals surface area (Å²) < 4.78 is 0. The summed E-state index contributed by atoms with van der Waals surface area (Å²) in [5.74, 6) is -0.0692. The topological polar surface area (TPSA) is 55.1 Å². The zero-order valence-electron chi connectivity index (χ0n) is 11.9. The molecule has 0 heterocycles. The van der Waals surface area contributed by atoms with Gasteiger partial charge >= 0.3 is 0 Å². The van der Waals surface area contributed by atoms with Crippen molar-refractivity contribution in [2.45, 2.75) is 26.9 Å². The molecule has 0 fully saturated rings. The van der Waals surface area contributed by atoms with Gasteiger partial charge in [0.15, 0.2) is 0 Å². The molecule has 0 unspecified atom stereocenters. The SMILES string of the molecule is Cc1ccc(CNC(=O)c2cccc(CN)c2)c(C)c1. The molecule has 0 saturated heterocycles. The molecule has 0 atom stereocenters. The Kier molecular flexibility index (Phi) is 4.53. The van der Waals surface area contributed by atoms with E-state index in [2.05, 4.69) is 37.4 Å². The van der Waals surface area contributed by atoms with Crippen LogP contribution in [0.5, 0.6) is 0 Å². The molecular formula is C17H20N2O. The van der Waals surface area contributed by atoms with Crippen molar-refractivity contribution in [2.75, 3.05) is 0 Å². The highest BCUT2D eigenvalue weighted by Crippen LogP contribution is 2.11. The molecule has 2 rings (SSSR count). The van der Waals surface area contributed by atoms with Gasteiger partial charge in [0, 0.05) is 18.7 Å². The van der Waals surface area contributed by atoms with Crippen LogP contribution in [0.4, 0.5) is 0 Å². The highest BCUT2D eigenvalue weighted by molar-refractivity contribution is 5.94. The maximum Gasteiger partial charge on any atom is 0.251 e. The number of hydrogen-bond acceptors (Lipinski definition) is 2. The number of hydrogen-bond donors (Lipinski definition) is 2. The number of benzene rings is 2. The fraction of sp³-hybridized carbons (Fsp3) is 0.235. The molecule has 0 saturated carbocycles. The summed E-state index contributed by atoms with van der Waals surface area (Å²) in [6.45, 7) is 5.10. The molecule has 20 heavy (non-hydrogen) atoms. The van der Waals surface area contributed by atoms with Gasteiger partial charge in [-0.3, -0.25) is 4.79 Å². The van der Waals surface area contributed by atoms with Crippen molar-refractivity contribution in [3.63, 3.8) is 0 Å². The molecule has 0 radical (unpaired) electrons. The molecule has 0 aliphatic heterocycles. The Balaban J connectivity index is 2.04. The second kappa shape index (κ2) is 6.35. The summed E-state index contributed by atoms with van der Waals surface area (Å²) in [6.07, 6.45) is 0. The summed E-state index contributed by atoms with van der Waals surface area (Å²) in [5, 5.41) is 2.95. The molecule has 2 aromatic rings. The Morgan fingerprint density at radius 3 is 2.65 bits per heavy atom. The van der Waals surface area contributed by atoms with Crippen LogP contribution in [0.2, 0.25) is 0 Å². The van der Waals surface area contributed by atoms with Crippen LogP contribution in [0.25, 0.3) is 0 Å². The number of rotatable bonds is 4. The van der Waals surface area contributed by atoms with E-state index in [4.69, 9.17) is 5.73 Å². The van der Waals surface area contributed by atoms with Crippen molar-refractivity contribution in [1.29, 1.82) is 0 Å². The number of carbonyl (C=O) groups is 1. The molecular weight excluding hydrogens is 248 g/mol. The predicted octanol–water partition coefficient (Wildman–Crippen LogP) is 2.69. The molecule has 0 aromatic heterocycles. The molecule has 0 aliphatic rings. The van der Waals surface area contributed by atoms with Gasteiger partial charge in [-0.25, -0.2) is 0 Å². The third kappa shape index (κ3) is 3.45. The van der Waals surface area contributed by atoms with Crippen LogP contribution in [-0.4, -0.2) is 5.91 Å². The van der Waals surface area contributed by atoms with Gasteiger partial charge < -0.3 is 11.1 Å². The first kappa shape index (κ1) is 14.3.